The van der Waals surface area contributed by atoms with Crippen LogP contribution < -0.4 is 11.1 Å². The van der Waals surface area contributed by atoms with E-state index in [2.05, 4.69) is 17.4 Å². The molecule has 0 saturated carbocycles. The van der Waals surface area contributed by atoms with Gasteiger partial charge in [-0.15, -0.1) is 0 Å². The van der Waals surface area contributed by atoms with E-state index in [0.29, 0.717) is 12.8 Å². The lowest BCUT2D eigenvalue weighted by Gasteiger charge is -2.28. The molecule has 3 nitrogen and oxygen atoms in total. The third-order valence-corrected chi connectivity index (χ3v) is 4.01. The third kappa shape index (κ3) is 2.16. The molecule has 0 bridgehead atoms. The molecule has 2 aromatic rings. The van der Waals surface area contributed by atoms with Crippen molar-refractivity contribution in [3.05, 3.63) is 65.2 Å². The van der Waals surface area contributed by atoms with Gasteiger partial charge in [0.25, 0.3) is 0 Å². The van der Waals surface area contributed by atoms with Gasteiger partial charge >= 0.3 is 0 Å². The lowest BCUT2D eigenvalue weighted by atomic mass is 9.94. The molecule has 0 saturated heterocycles. The number of anilines is 1. The predicted molar refractivity (Wildman–Crippen MR) is 80.6 cm³/mol. The van der Waals surface area contributed by atoms with Crippen molar-refractivity contribution in [1.29, 1.82) is 0 Å². The molecule has 0 spiro atoms. The van der Waals surface area contributed by atoms with Crippen molar-refractivity contribution in [1.82, 2.24) is 0 Å². The maximum Gasteiger partial charge on any atom is 0.243 e. The number of hydrogen-bond donors (Lipinski definition) is 2. The summed E-state index contributed by atoms with van der Waals surface area (Å²) in [4.78, 5) is 12.0. The first-order valence-electron chi connectivity index (χ1n) is 6.81. The Morgan fingerprint density at radius 1 is 1.05 bits per heavy atom. The summed E-state index contributed by atoms with van der Waals surface area (Å²) in [5.41, 5.74) is 9.50. The molecule has 0 aliphatic heterocycles. The summed E-state index contributed by atoms with van der Waals surface area (Å²) in [5, 5.41) is 3.35. The lowest BCUT2D eigenvalue weighted by Crippen LogP contribution is -2.51. The second-order valence-electron chi connectivity index (χ2n) is 5.56. The summed E-state index contributed by atoms with van der Waals surface area (Å²) in [6, 6.07) is 16.2. The summed E-state index contributed by atoms with van der Waals surface area (Å²) in [5.74, 6) is -0.297. The van der Waals surface area contributed by atoms with Gasteiger partial charge in [0.05, 0.1) is 0 Å². The number of carbonyl (C=O) groups is 1. The van der Waals surface area contributed by atoms with Crippen LogP contribution in [0.3, 0.4) is 0 Å². The molecule has 0 unspecified atom stereocenters. The Kier molecular flexibility index (Phi) is 2.97. The largest absolute Gasteiger partial charge is 0.371 e. The molecular weight excluding hydrogens is 248 g/mol. The molecular formula is C17H18N2O. The molecule has 0 fully saturated rings. The maximum atomic E-state index is 12.0. The van der Waals surface area contributed by atoms with Crippen molar-refractivity contribution in [2.45, 2.75) is 25.3 Å². The zero-order valence-corrected chi connectivity index (χ0v) is 11.5. The van der Waals surface area contributed by atoms with Crippen LogP contribution in [0.4, 0.5) is 5.69 Å². The molecule has 1 aliphatic carbocycles. The molecule has 0 heterocycles. The predicted octanol–water partition coefficient (Wildman–Crippen LogP) is 2.43. The average molecular weight is 266 g/mol. The highest BCUT2D eigenvalue weighted by atomic mass is 16.1. The molecule has 0 radical (unpaired) electrons. The average Bonchev–Trinajstić information content (AvgIpc) is 2.81. The Morgan fingerprint density at radius 2 is 1.60 bits per heavy atom. The first-order valence-corrected chi connectivity index (χ1v) is 6.81. The molecule has 20 heavy (non-hydrogen) atoms. The van der Waals surface area contributed by atoms with Crippen LogP contribution in [0.15, 0.2) is 48.5 Å². The van der Waals surface area contributed by atoms with Crippen molar-refractivity contribution in [2.75, 3.05) is 5.32 Å². The highest BCUT2D eigenvalue weighted by Gasteiger charge is 2.42. The Morgan fingerprint density at radius 3 is 2.10 bits per heavy atom. The van der Waals surface area contributed by atoms with E-state index < -0.39 is 5.54 Å². The lowest BCUT2D eigenvalue weighted by molar-refractivity contribution is -0.122. The van der Waals surface area contributed by atoms with Gasteiger partial charge in [-0.2, -0.15) is 0 Å². The Hall–Kier alpha value is -2.29. The van der Waals surface area contributed by atoms with E-state index in [1.165, 1.54) is 16.7 Å². The zero-order valence-electron chi connectivity index (χ0n) is 11.5. The number of rotatable bonds is 3. The molecule has 3 N–H and O–H groups in total. The highest BCUT2D eigenvalue weighted by molar-refractivity contribution is 5.90. The van der Waals surface area contributed by atoms with Gasteiger partial charge in [-0.25, -0.2) is 0 Å². The van der Waals surface area contributed by atoms with Crippen LogP contribution in [0, 0.1) is 6.92 Å². The number of benzene rings is 2. The minimum atomic E-state index is -0.709. The summed E-state index contributed by atoms with van der Waals surface area (Å²) >= 11 is 0. The van der Waals surface area contributed by atoms with Crippen LogP contribution in [0.25, 0.3) is 0 Å². The van der Waals surface area contributed by atoms with Crippen LogP contribution in [0.1, 0.15) is 16.7 Å². The Bertz CT molecular complexity index is 621. The van der Waals surface area contributed by atoms with Crippen molar-refractivity contribution in [2.24, 2.45) is 5.73 Å². The quantitative estimate of drug-likeness (QED) is 0.896. The number of fused-ring (bicyclic) bond motifs is 1. The monoisotopic (exact) mass is 266 g/mol. The maximum absolute atomic E-state index is 12.0. The summed E-state index contributed by atoms with van der Waals surface area (Å²) < 4.78 is 0. The molecule has 1 aliphatic rings. The molecule has 0 aromatic heterocycles. The summed E-state index contributed by atoms with van der Waals surface area (Å²) in [6.07, 6.45) is 1.29. The van der Waals surface area contributed by atoms with Crippen LogP contribution in [0.2, 0.25) is 0 Å². The highest BCUT2D eigenvalue weighted by Crippen LogP contribution is 2.32. The normalized spacial score (nSPS) is 15.7. The molecule has 1 amide bonds. The van der Waals surface area contributed by atoms with Gasteiger partial charge < -0.3 is 11.1 Å². The van der Waals surface area contributed by atoms with Crippen LogP contribution in [-0.2, 0) is 17.6 Å². The van der Waals surface area contributed by atoms with E-state index in [4.69, 9.17) is 5.73 Å². The van der Waals surface area contributed by atoms with Gasteiger partial charge in [0, 0.05) is 18.5 Å². The van der Waals surface area contributed by atoms with Gasteiger partial charge in [0.15, 0.2) is 0 Å². The van der Waals surface area contributed by atoms with Gasteiger partial charge in [-0.3, -0.25) is 4.79 Å². The van der Waals surface area contributed by atoms with Gasteiger partial charge in [-0.05, 0) is 30.2 Å². The fourth-order valence-corrected chi connectivity index (χ4v) is 2.85. The molecule has 102 valence electrons. The standard InChI is InChI=1S/C17H18N2O/c1-12-6-8-15(9-7-12)19-17(16(18)20)10-13-4-2-3-5-14(13)11-17/h2-9,19H,10-11H2,1H3,(H2,18,20). The number of amides is 1. The number of aryl methyl sites for hydroxylation is 1. The van der Waals surface area contributed by atoms with Crippen molar-refractivity contribution in [3.63, 3.8) is 0 Å². The van der Waals surface area contributed by atoms with Crippen LogP contribution in [0.5, 0.6) is 0 Å². The second kappa shape index (κ2) is 4.67. The molecule has 3 heteroatoms. The van der Waals surface area contributed by atoms with E-state index in [1.807, 2.05) is 43.3 Å². The van der Waals surface area contributed by atoms with E-state index in [1.54, 1.807) is 0 Å². The van der Waals surface area contributed by atoms with Crippen LogP contribution in [-0.4, -0.2) is 11.4 Å². The second-order valence-corrected chi connectivity index (χ2v) is 5.56. The summed E-state index contributed by atoms with van der Waals surface area (Å²) in [6.45, 7) is 2.04. The van der Waals surface area contributed by atoms with E-state index in [0.717, 1.165) is 5.69 Å². The number of hydrogen-bond acceptors (Lipinski definition) is 2. The first-order chi connectivity index (χ1) is 9.59. The minimum absolute atomic E-state index is 0.297. The smallest absolute Gasteiger partial charge is 0.243 e. The molecule has 0 atom stereocenters. The Labute approximate surface area is 118 Å². The van der Waals surface area contributed by atoms with E-state index in [9.17, 15) is 4.79 Å². The SMILES string of the molecule is Cc1ccc(NC2(C(N)=O)Cc3ccccc3C2)cc1. The Balaban J connectivity index is 1.92. The van der Waals surface area contributed by atoms with E-state index in [-0.39, 0.29) is 5.91 Å². The minimum Gasteiger partial charge on any atom is -0.371 e. The number of primary amides is 1. The molecule has 2 aromatic carbocycles. The van der Waals surface area contributed by atoms with Gasteiger partial charge in [0.1, 0.15) is 5.54 Å². The fourth-order valence-electron chi connectivity index (χ4n) is 2.85. The van der Waals surface area contributed by atoms with Crippen molar-refractivity contribution in [3.8, 4) is 0 Å². The topological polar surface area (TPSA) is 55.1 Å². The number of carbonyl (C=O) groups excluding carboxylic acids is 1. The number of nitrogens with one attached hydrogen (secondary N) is 1. The molecule has 3 rings (SSSR count). The fraction of sp³-hybridized carbons (Fsp3) is 0.235. The first kappa shape index (κ1) is 12.7. The van der Waals surface area contributed by atoms with Crippen LogP contribution >= 0.6 is 0 Å². The van der Waals surface area contributed by atoms with Gasteiger partial charge in [0.2, 0.25) is 5.91 Å². The van der Waals surface area contributed by atoms with E-state index >= 15 is 0 Å². The van der Waals surface area contributed by atoms with Crippen molar-refractivity contribution >= 4 is 11.6 Å². The number of nitrogens with two attached hydrogens (primary N) is 1. The third-order valence-electron chi connectivity index (χ3n) is 4.01. The zero-order chi connectivity index (χ0) is 14.2. The van der Waals surface area contributed by atoms with Gasteiger partial charge in [-0.1, -0.05) is 42.0 Å². The van der Waals surface area contributed by atoms with Crippen molar-refractivity contribution < 1.29 is 4.79 Å². The summed E-state index contributed by atoms with van der Waals surface area (Å²) in [7, 11) is 0.